The summed E-state index contributed by atoms with van der Waals surface area (Å²) in [5.41, 5.74) is 5.86. The lowest BCUT2D eigenvalue weighted by Crippen LogP contribution is -2.27. The third kappa shape index (κ3) is 9.86. The zero-order valence-corrected chi connectivity index (χ0v) is 50.1. The minimum atomic E-state index is -2.04. The van der Waals surface area contributed by atoms with Crippen molar-refractivity contribution >= 4 is 34.1 Å². The Labute approximate surface area is 455 Å². The summed E-state index contributed by atoms with van der Waals surface area (Å²) in [6, 6.07) is 8.63. The van der Waals surface area contributed by atoms with Crippen LogP contribution in [-0.2, 0) is 0 Å². The van der Waals surface area contributed by atoms with Crippen molar-refractivity contribution in [1.82, 2.24) is 18.7 Å². The van der Waals surface area contributed by atoms with Crippen LogP contribution < -0.4 is 36.2 Å². The van der Waals surface area contributed by atoms with Gasteiger partial charge in [0.1, 0.15) is 0 Å². The van der Waals surface area contributed by atoms with E-state index >= 15 is 0 Å². The number of aromatic hydroxyl groups is 4. The number of phenols is 4. The van der Waals surface area contributed by atoms with Gasteiger partial charge in [0.05, 0.1) is 0 Å². The molecule has 4 aliphatic heterocycles. The summed E-state index contributed by atoms with van der Waals surface area (Å²) in [5.74, 6) is -0.472. The predicted molar refractivity (Wildman–Crippen MR) is 304 cm³/mol. The van der Waals surface area contributed by atoms with E-state index in [0.717, 1.165) is 70.2 Å². The molecule has 16 nitrogen and oxygen atoms in total. The van der Waals surface area contributed by atoms with E-state index in [1.165, 1.54) is 0 Å². The van der Waals surface area contributed by atoms with Crippen LogP contribution >= 0.6 is 34.1 Å². The second-order valence-corrected chi connectivity index (χ2v) is 25.5. The van der Waals surface area contributed by atoms with E-state index in [0.29, 0.717) is 78.0 Å². The Hall–Kier alpha value is -3.96. The maximum absolute atomic E-state index is 13.3. The molecule has 0 atom stereocenters. The Balaban J connectivity index is 1.54. The van der Waals surface area contributed by atoms with Crippen LogP contribution in [0.2, 0.25) is 0 Å². The van der Waals surface area contributed by atoms with Crippen molar-refractivity contribution in [3.05, 3.63) is 68.8 Å². The molecule has 4 N–H and O–H groups in total. The van der Waals surface area contributed by atoms with Gasteiger partial charge in [-0.25, -0.2) is 18.7 Å². The monoisotopic (exact) mass is 1120 g/mol. The van der Waals surface area contributed by atoms with Crippen molar-refractivity contribution in [2.45, 2.75) is 158 Å². The topological polar surface area (TPSA) is 168 Å². The molecule has 0 saturated heterocycles. The van der Waals surface area contributed by atoms with E-state index in [4.69, 9.17) is 36.2 Å². The van der Waals surface area contributed by atoms with Gasteiger partial charge in [-0.1, -0.05) is 109 Å². The highest BCUT2D eigenvalue weighted by molar-refractivity contribution is 7.46. The van der Waals surface area contributed by atoms with Crippen LogP contribution in [0, 0.1) is 0 Å². The van der Waals surface area contributed by atoms with Gasteiger partial charge >= 0.3 is 34.1 Å². The van der Waals surface area contributed by atoms with Gasteiger partial charge in [0.25, 0.3) is 0 Å². The highest BCUT2D eigenvalue weighted by atomic mass is 31.2. The Morgan fingerprint density at radius 2 is 0.434 bits per heavy atom. The summed E-state index contributed by atoms with van der Waals surface area (Å²) in [4.78, 5) is 0. The number of hydrogen-bond acceptors (Lipinski definition) is 16. The van der Waals surface area contributed by atoms with Crippen LogP contribution in [-0.4, -0.2) is 91.5 Å². The van der Waals surface area contributed by atoms with Crippen LogP contribution in [0.1, 0.15) is 203 Å². The SMILES string of the molecule is CCCC1c2cc3c4c(O)c2OP(N(CC)CC)Oc2c1cc1c(c2O)OP(N(CC)CC)Oc2c(cc5c(c2O)OP(N(CC)CC)Oc2c(cc(c(c2O)OP(N(CC)CC)O4)C3CCC)C5CCC)C1CCC. The molecule has 0 radical (unpaired) electrons. The Morgan fingerprint density at radius 1 is 0.289 bits per heavy atom. The molecule has 1 aliphatic carbocycles. The van der Waals surface area contributed by atoms with E-state index in [-0.39, 0.29) is 69.0 Å². The quantitative estimate of drug-likeness (QED) is 0.0617. The third-order valence-electron chi connectivity index (χ3n) is 15.6. The summed E-state index contributed by atoms with van der Waals surface area (Å²) in [7, 11) is -8.15. The van der Waals surface area contributed by atoms with Crippen molar-refractivity contribution in [3.63, 3.8) is 0 Å². The van der Waals surface area contributed by atoms with Crippen molar-refractivity contribution in [1.29, 1.82) is 0 Å². The summed E-state index contributed by atoms with van der Waals surface area (Å²) < 4.78 is 65.4. The lowest BCUT2D eigenvalue weighted by Gasteiger charge is -2.40. The van der Waals surface area contributed by atoms with E-state index in [9.17, 15) is 20.4 Å². The zero-order valence-electron chi connectivity index (χ0n) is 46.6. The minimum Gasteiger partial charge on any atom is -0.502 e. The summed E-state index contributed by atoms with van der Waals surface area (Å²) in [6.07, 6.45) is 5.30. The van der Waals surface area contributed by atoms with Gasteiger partial charge in [0, 0.05) is 121 Å². The zero-order chi connectivity index (χ0) is 54.3. The normalized spacial score (nSPS) is 22.7. The second kappa shape index (κ2) is 24.2. The Morgan fingerprint density at radius 3 is 0.553 bits per heavy atom. The fourth-order valence-corrected chi connectivity index (χ4v) is 17.3. The summed E-state index contributed by atoms with van der Waals surface area (Å²) in [6.45, 7) is 29.2. The lowest BCUT2D eigenvalue weighted by molar-refractivity contribution is 0.314. The van der Waals surface area contributed by atoms with E-state index in [1.54, 1.807) is 0 Å². The third-order valence-corrected chi connectivity index (χ3v) is 22.4. The maximum Gasteiger partial charge on any atom is 0.384 e. The Bertz CT molecular complexity index is 2240. The molecule has 4 aromatic carbocycles. The molecule has 0 aromatic heterocycles. The molecule has 0 unspecified atom stereocenters. The molecule has 416 valence electrons. The maximum atomic E-state index is 13.3. The molecule has 0 spiro atoms. The van der Waals surface area contributed by atoms with Gasteiger partial charge in [0.2, 0.25) is 23.0 Å². The average Bonchev–Trinajstić information content (AvgIpc) is 3.42. The molecule has 20 heteroatoms. The molecule has 5 aliphatic rings. The number of rotatable bonds is 20. The smallest absolute Gasteiger partial charge is 0.384 e. The van der Waals surface area contributed by atoms with Crippen LogP contribution in [0.5, 0.6) is 69.0 Å². The fourth-order valence-electron chi connectivity index (χ4n) is 11.6. The molecule has 76 heavy (non-hydrogen) atoms. The van der Waals surface area contributed by atoms with Crippen LogP contribution in [0.3, 0.4) is 0 Å². The minimum absolute atomic E-state index is 0.150. The molecule has 4 heterocycles. The van der Waals surface area contributed by atoms with Gasteiger partial charge in [-0.2, -0.15) is 0 Å². The van der Waals surface area contributed by atoms with Gasteiger partial charge in [-0.15, -0.1) is 0 Å². The molecular weight excluding hydrogens is 1040 g/mol. The first-order chi connectivity index (χ1) is 36.8. The lowest BCUT2D eigenvalue weighted by atomic mass is 9.76. The molecule has 9 rings (SSSR count). The number of hydrogen-bond donors (Lipinski definition) is 4. The van der Waals surface area contributed by atoms with E-state index in [2.05, 4.69) is 70.6 Å². The highest BCUT2D eigenvalue weighted by Crippen LogP contribution is 2.69. The first kappa shape index (κ1) is 56.7. The molecular formula is C56H80N4O12P4. The van der Waals surface area contributed by atoms with Gasteiger partial charge < -0.3 is 56.6 Å². The van der Waals surface area contributed by atoms with Crippen molar-refractivity contribution in [2.75, 3.05) is 52.4 Å². The fraction of sp³-hybridized carbons (Fsp3) is 0.571. The molecule has 0 fully saturated rings. The predicted octanol–water partition coefficient (Wildman–Crippen LogP) is 15.9. The van der Waals surface area contributed by atoms with Crippen LogP contribution in [0.25, 0.3) is 0 Å². The second-order valence-electron chi connectivity index (χ2n) is 19.8. The molecule has 0 saturated carbocycles. The van der Waals surface area contributed by atoms with Gasteiger partial charge in [-0.05, 0) is 49.9 Å². The number of benzene rings is 4. The van der Waals surface area contributed by atoms with Crippen LogP contribution in [0.4, 0.5) is 0 Å². The Kier molecular flexibility index (Phi) is 18.1. The molecule has 4 aromatic rings. The van der Waals surface area contributed by atoms with E-state index < -0.39 is 57.8 Å². The summed E-state index contributed by atoms with van der Waals surface area (Å²) >= 11 is 0. The van der Waals surface area contributed by atoms with Crippen molar-refractivity contribution in [2.24, 2.45) is 0 Å². The average molecular weight is 1130 g/mol. The van der Waals surface area contributed by atoms with Crippen molar-refractivity contribution < 1.29 is 56.6 Å². The first-order valence-electron chi connectivity index (χ1n) is 28.1. The van der Waals surface area contributed by atoms with Gasteiger partial charge in [0.15, 0.2) is 46.0 Å². The van der Waals surface area contributed by atoms with Crippen LogP contribution in [0.15, 0.2) is 24.3 Å². The molecule has 8 bridgehead atoms. The summed E-state index contributed by atoms with van der Waals surface area (Å²) in [5, 5.41) is 53.2. The highest BCUT2D eigenvalue weighted by Gasteiger charge is 2.47. The first-order valence-corrected chi connectivity index (χ1v) is 32.6. The largest absolute Gasteiger partial charge is 0.502 e. The molecule has 0 amide bonds. The van der Waals surface area contributed by atoms with E-state index in [1.807, 2.05) is 55.4 Å². The van der Waals surface area contributed by atoms with Crippen molar-refractivity contribution in [3.8, 4) is 69.0 Å². The number of phenolic OH excluding ortho intramolecular Hbond substituents is 4. The van der Waals surface area contributed by atoms with Gasteiger partial charge in [-0.3, -0.25) is 0 Å². The number of nitrogens with zero attached hydrogens (tertiary/aromatic N) is 4. The standard InChI is InChI=1S/C56H80N4O12P4/c1-13-25-33-37-29-39-34(26-14-2)41-31-43-36(28-16-4)44-32-42-35(27-15-3)40-30-38(33)50-46(62)52(40)68-75(59(21-9)22-10)70-54(42)48(64)56(44)72-76(60(23-11)24-12)71-55(43)47(63)53(41)69-74(58(19-7)20-8)67-51(39)45(61)49(37)65-73(66-50)57(17-5)18-6/h29-36,61-64H,13-28H2,1-12H3.